The summed E-state index contributed by atoms with van der Waals surface area (Å²) in [7, 11) is 0. The molecule has 0 spiro atoms. The third-order valence-corrected chi connectivity index (χ3v) is 4.13. The summed E-state index contributed by atoms with van der Waals surface area (Å²) >= 11 is 0. The Morgan fingerprint density at radius 2 is 2.11 bits per heavy atom. The molecule has 0 atom stereocenters. The molecular weight excluding hydrogens is 360 g/mol. The van der Waals surface area contributed by atoms with Gasteiger partial charge in [0.05, 0.1) is 6.10 Å². The number of hydrogen-bond donors (Lipinski definition) is 0. The second kappa shape index (κ2) is 8.97. The maximum absolute atomic E-state index is 12.1. The summed E-state index contributed by atoms with van der Waals surface area (Å²) < 4.78 is 16.5. The predicted molar refractivity (Wildman–Crippen MR) is 103 cm³/mol. The minimum absolute atomic E-state index is 0.0616. The number of carbonyl (C=O) groups is 1. The molecule has 3 rings (SSSR count). The molecule has 0 radical (unpaired) electrons. The normalized spacial score (nSPS) is 15.9. The van der Waals surface area contributed by atoms with Crippen LogP contribution < -0.4 is 0 Å². The van der Waals surface area contributed by atoms with Gasteiger partial charge in [-0.1, -0.05) is 11.2 Å². The lowest BCUT2D eigenvalue weighted by atomic mass is 10.1. The third kappa shape index (κ3) is 6.16. The smallest absolute Gasteiger partial charge is 0.410 e. The summed E-state index contributed by atoms with van der Waals surface area (Å²) in [6.07, 6.45) is 8.37. The zero-order valence-electron chi connectivity index (χ0n) is 16.5. The summed E-state index contributed by atoms with van der Waals surface area (Å²) in [6, 6.07) is 3.80. The molecule has 0 aromatic carbocycles. The summed E-state index contributed by atoms with van der Waals surface area (Å²) in [6.45, 7) is 7.11. The second-order valence-corrected chi connectivity index (χ2v) is 7.65. The van der Waals surface area contributed by atoms with E-state index in [4.69, 9.17) is 14.0 Å². The van der Waals surface area contributed by atoms with Crippen molar-refractivity contribution in [2.75, 3.05) is 13.1 Å². The largest absolute Gasteiger partial charge is 0.444 e. The van der Waals surface area contributed by atoms with Crippen molar-refractivity contribution in [2.45, 2.75) is 51.9 Å². The van der Waals surface area contributed by atoms with Gasteiger partial charge in [0, 0.05) is 31.6 Å². The van der Waals surface area contributed by atoms with Crippen molar-refractivity contribution in [1.29, 1.82) is 0 Å². The van der Waals surface area contributed by atoms with E-state index in [9.17, 15) is 4.79 Å². The first-order valence-corrected chi connectivity index (χ1v) is 9.39. The van der Waals surface area contributed by atoms with E-state index < -0.39 is 5.60 Å². The lowest BCUT2D eigenvalue weighted by Gasteiger charge is -2.33. The van der Waals surface area contributed by atoms with Crippen LogP contribution in [0.5, 0.6) is 0 Å². The molecule has 8 nitrogen and oxygen atoms in total. The molecule has 1 aliphatic rings. The van der Waals surface area contributed by atoms with E-state index in [1.165, 1.54) is 0 Å². The number of carbonyl (C=O) groups excluding carboxylic acids is 1. The Morgan fingerprint density at radius 1 is 1.32 bits per heavy atom. The average Bonchev–Trinajstić information content (AvgIpc) is 3.12. The van der Waals surface area contributed by atoms with Crippen LogP contribution in [0.3, 0.4) is 0 Å². The van der Waals surface area contributed by atoms with Gasteiger partial charge in [0.2, 0.25) is 0 Å². The van der Waals surface area contributed by atoms with Gasteiger partial charge in [-0.2, -0.15) is 4.98 Å². The van der Waals surface area contributed by atoms with Crippen molar-refractivity contribution in [3.8, 4) is 0 Å². The molecule has 0 saturated carbocycles. The number of pyridine rings is 1. The first kappa shape index (κ1) is 20.0. The van der Waals surface area contributed by atoms with Crippen LogP contribution in [0.2, 0.25) is 0 Å². The zero-order valence-corrected chi connectivity index (χ0v) is 16.5. The lowest BCUT2D eigenvalue weighted by molar-refractivity contribution is -0.0190. The molecule has 3 heterocycles. The van der Waals surface area contributed by atoms with Gasteiger partial charge in [0.1, 0.15) is 12.2 Å². The summed E-state index contributed by atoms with van der Waals surface area (Å²) in [4.78, 5) is 22.2. The van der Waals surface area contributed by atoms with Gasteiger partial charge < -0.3 is 18.9 Å². The van der Waals surface area contributed by atoms with Crippen LogP contribution in [0.15, 0.2) is 29.0 Å². The molecule has 8 heteroatoms. The van der Waals surface area contributed by atoms with Crippen LogP contribution in [-0.2, 0) is 16.1 Å². The Morgan fingerprint density at radius 3 is 2.79 bits per heavy atom. The molecule has 0 N–H and O–H groups in total. The van der Waals surface area contributed by atoms with Gasteiger partial charge in [0.25, 0.3) is 5.89 Å². The van der Waals surface area contributed by atoms with Gasteiger partial charge >= 0.3 is 6.09 Å². The number of likely N-dealkylation sites (tertiary alicyclic amines) is 1. The van der Waals surface area contributed by atoms with Crippen LogP contribution in [0.4, 0.5) is 4.79 Å². The molecule has 1 aliphatic heterocycles. The number of nitrogens with zero attached hydrogens (tertiary/aromatic N) is 4. The van der Waals surface area contributed by atoms with E-state index in [0.717, 1.165) is 18.4 Å². The average molecular weight is 386 g/mol. The molecule has 2 aromatic rings. The lowest BCUT2D eigenvalue weighted by Crippen LogP contribution is -2.43. The minimum Gasteiger partial charge on any atom is -0.444 e. The highest BCUT2D eigenvalue weighted by Gasteiger charge is 2.27. The molecule has 150 valence electrons. The second-order valence-electron chi connectivity index (χ2n) is 7.65. The molecule has 1 amide bonds. The Labute approximate surface area is 164 Å². The van der Waals surface area contributed by atoms with Crippen LogP contribution in [0, 0.1) is 0 Å². The molecule has 0 unspecified atom stereocenters. The predicted octanol–water partition coefficient (Wildman–Crippen LogP) is 3.55. The Hall–Kier alpha value is -2.74. The Bertz CT molecular complexity index is 790. The highest BCUT2D eigenvalue weighted by Crippen LogP contribution is 2.18. The van der Waals surface area contributed by atoms with Gasteiger partial charge in [-0.25, -0.2) is 4.79 Å². The molecule has 0 bridgehead atoms. The fourth-order valence-corrected chi connectivity index (χ4v) is 2.76. The van der Waals surface area contributed by atoms with Gasteiger partial charge in [-0.15, -0.1) is 0 Å². The summed E-state index contributed by atoms with van der Waals surface area (Å²) in [5.74, 6) is 0.919. The Kier molecular flexibility index (Phi) is 6.41. The summed E-state index contributed by atoms with van der Waals surface area (Å²) in [5, 5.41) is 3.93. The van der Waals surface area contributed by atoms with E-state index >= 15 is 0 Å². The van der Waals surface area contributed by atoms with E-state index in [2.05, 4.69) is 15.1 Å². The SMILES string of the molecule is CC(C)(C)OC(=O)N1CCC(OCc2noc(C=Cc3cccnc3)n2)CC1. The van der Waals surface area contributed by atoms with E-state index in [0.29, 0.717) is 24.8 Å². The number of piperidine rings is 1. The zero-order chi connectivity index (χ0) is 20.0. The fourth-order valence-electron chi connectivity index (χ4n) is 2.76. The van der Waals surface area contributed by atoms with Gasteiger partial charge in [-0.05, 0) is 51.3 Å². The van der Waals surface area contributed by atoms with Crippen LogP contribution in [0.25, 0.3) is 12.2 Å². The molecular formula is C20H26N4O4. The number of rotatable bonds is 5. The van der Waals surface area contributed by atoms with Crippen molar-refractivity contribution in [2.24, 2.45) is 0 Å². The molecule has 0 aliphatic carbocycles. The fraction of sp³-hybridized carbons (Fsp3) is 0.500. The Balaban J connectivity index is 1.42. The number of ether oxygens (including phenoxy) is 2. The quantitative estimate of drug-likeness (QED) is 0.776. The topological polar surface area (TPSA) is 90.6 Å². The summed E-state index contributed by atoms with van der Waals surface area (Å²) in [5.41, 5.74) is 0.474. The third-order valence-electron chi connectivity index (χ3n) is 4.13. The van der Waals surface area contributed by atoms with E-state index in [1.54, 1.807) is 23.4 Å². The number of amides is 1. The van der Waals surface area contributed by atoms with Crippen molar-refractivity contribution < 1.29 is 18.8 Å². The molecule has 1 fully saturated rings. The maximum Gasteiger partial charge on any atom is 0.410 e. The number of aromatic nitrogens is 3. The first-order valence-electron chi connectivity index (χ1n) is 9.39. The first-order chi connectivity index (χ1) is 13.4. The monoisotopic (exact) mass is 386 g/mol. The van der Waals surface area contributed by atoms with Crippen LogP contribution in [0.1, 0.15) is 50.9 Å². The van der Waals surface area contributed by atoms with Crippen molar-refractivity contribution in [3.05, 3.63) is 41.8 Å². The molecule has 28 heavy (non-hydrogen) atoms. The minimum atomic E-state index is -0.480. The van der Waals surface area contributed by atoms with Crippen LogP contribution in [-0.4, -0.2) is 50.9 Å². The standard InChI is InChI=1S/C20H26N4O4/c1-20(2,3)27-19(25)24-11-8-16(9-12-24)26-14-17-22-18(28-23-17)7-6-15-5-4-10-21-13-15/h4-7,10,13,16H,8-9,11-12,14H2,1-3H3. The van der Waals surface area contributed by atoms with E-state index in [1.807, 2.05) is 39.0 Å². The van der Waals surface area contributed by atoms with Crippen molar-refractivity contribution >= 4 is 18.2 Å². The van der Waals surface area contributed by atoms with Crippen molar-refractivity contribution in [3.63, 3.8) is 0 Å². The van der Waals surface area contributed by atoms with Crippen LogP contribution >= 0.6 is 0 Å². The van der Waals surface area contributed by atoms with Gasteiger partial charge in [0.15, 0.2) is 5.82 Å². The van der Waals surface area contributed by atoms with Crippen molar-refractivity contribution in [1.82, 2.24) is 20.0 Å². The highest BCUT2D eigenvalue weighted by atomic mass is 16.6. The van der Waals surface area contributed by atoms with E-state index in [-0.39, 0.29) is 18.8 Å². The van der Waals surface area contributed by atoms with Gasteiger partial charge in [-0.3, -0.25) is 4.98 Å². The molecule has 1 saturated heterocycles. The maximum atomic E-state index is 12.1. The highest BCUT2D eigenvalue weighted by molar-refractivity contribution is 5.68. The number of hydrogen-bond acceptors (Lipinski definition) is 7. The molecule has 2 aromatic heterocycles.